The van der Waals surface area contributed by atoms with Crippen molar-refractivity contribution in [3.63, 3.8) is 0 Å². The van der Waals surface area contributed by atoms with Gasteiger partial charge in [0.15, 0.2) is 11.6 Å². The van der Waals surface area contributed by atoms with Crippen LogP contribution in [-0.2, 0) is 16.0 Å². The minimum Gasteiger partial charge on any atom is -0.504 e. The number of pyridine rings is 1. The maximum Gasteiger partial charge on any atom is 0.231 e. The van der Waals surface area contributed by atoms with E-state index >= 15 is 0 Å². The Hall–Kier alpha value is -2.89. The summed E-state index contributed by atoms with van der Waals surface area (Å²) in [5.74, 6) is -0.845. The molecule has 2 amide bonds. The highest BCUT2D eigenvalue weighted by Crippen LogP contribution is 2.27. The molecule has 1 aromatic heterocycles. The first kappa shape index (κ1) is 16.0. The number of hydrogen-bond acceptors (Lipinski definition) is 4. The van der Waals surface area contributed by atoms with Crippen molar-refractivity contribution in [2.75, 3.05) is 16.8 Å². The quantitative estimate of drug-likeness (QED) is 0.904. The van der Waals surface area contributed by atoms with Crippen molar-refractivity contribution >= 4 is 23.3 Å². The lowest BCUT2D eigenvalue weighted by molar-refractivity contribution is -0.122. The van der Waals surface area contributed by atoms with Crippen LogP contribution in [0.2, 0.25) is 0 Å². The molecule has 2 N–H and O–H groups in total. The Bertz CT molecular complexity index is 758. The molecule has 0 bridgehead atoms. The van der Waals surface area contributed by atoms with E-state index < -0.39 is 5.92 Å². The number of carbonyl (C=O) groups excluding carboxylic acids is 2. The van der Waals surface area contributed by atoms with Crippen LogP contribution in [0.4, 0.5) is 11.5 Å². The zero-order valence-corrected chi connectivity index (χ0v) is 13.4. The molecule has 0 radical (unpaired) electrons. The van der Waals surface area contributed by atoms with Crippen molar-refractivity contribution in [3.05, 3.63) is 48.2 Å². The van der Waals surface area contributed by atoms with Gasteiger partial charge in [0.1, 0.15) is 0 Å². The summed E-state index contributed by atoms with van der Waals surface area (Å²) in [6.07, 6.45) is 2.57. The average molecular weight is 325 g/mol. The van der Waals surface area contributed by atoms with Gasteiger partial charge in [0.05, 0.1) is 5.92 Å². The summed E-state index contributed by atoms with van der Waals surface area (Å²) >= 11 is 0. The predicted molar refractivity (Wildman–Crippen MR) is 90.8 cm³/mol. The summed E-state index contributed by atoms with van der Waals surface area (Å²) in [7, 11) is 0. The van der Waals surface area contributed by atoms with E-state index in [2.05, 4.69) is 17.2 Å². The summed E-state index contributed by atoms with van der Waals surface area (Å²) < 4.78 is 0. The molecule has 1 aromatic carbocycles. The number of nitrogens with one attached hydrogen (secondary N) is 1. The summed E-state index contributed by atoms with van der Waals surface area (Å²) in [4.78, 5) is 30.1. The Labute approximate surface area is 140 Å². The van der Waals surface area contributed by atoms with E-state index in [9.17, 15) is 14.7 Å². The Kier molecular flexibility index (Phi) is 4.46. The first-order valence-electron chi connectivity index (χ1n) is 7.92. The molecule has 0 saturated carbocycles. The molecule has 6 nitrogen and oxygen atoms in total. The lowest BCUT2D eigenvalue weighted by Crippen LogP contribution is -2.28. The maximum atomic E-state index is 12.3. The van der Waals surface area contributed by atoms with E-state index in [0.717, 1.165) is 12.1 Å². The molecule has 1 unspecified atom stereocenters. The number of nitrogens with zero attached hydrogens (tertiary/aromatic N) is 2. The topological polar surface area (TPSA) is 82.5 Å². The molecule has 2 heterocycles. The Morgan fingerprint density at radius 1 is 1.33 bits per heavy atom. The third kappa shape index (κ3) is 3.22. The van der Waals surface area contributed by atoms with Crippen molar-refractivity contribution in [2.45, 2.75) is 19.8 Å². The van der Waals surface area contributed by atoms with Crippen LogP contribution in [0.25, 0.3) is 0 Å². The van der Waals surface area contributed by atoms with Crippen molar-refractivity contribution in [3.8, 4) is 5.75 Å². The molecule has 1 aliphatic rings. The summed E-state index contributed by atoms with van der Waals surface area (Å²) in [6.45, 7) is 2.40. The van der Waals surface area contributed by atoms with E-state index in [1.165, 1.54) is 17.8 Å². The summed E-state index contributed by atoms with van der Waals surface area (Å²) in [6, 6.07) is 10.8. The number of hydrogen-bond donors (Lipinski definition) is 2. The fourth-order valence-electron chi connectivity index (χ4n) is 2.76. The third-order valence-corrected chi connectivity index (χ3v) is 4.18. The molecule has 1 atom stereocenters. The fraction of sp³-hybridized carbons (Fsp3) is 0.278. The number of carbonyl (C=O) groups is 2. The second-order valence-electron chi connectivity index (χ2n) is 5.79. The zero-order chi connectivity index (χ0) is 17.1. The number of anilines is 2. The van der Waals surface area contributed by atoms with Crippen molar-refractivity contribution in [1.82, 2.24) is 4.98 Å². The fourth-order valence-corrected chi connectivity index (χ4v) is 2.76. The molecule has 6 heteroatoms. The van der Waals surface area contributed by atoms with E-state index in [1.807, 2.05) is 24.3 Å². The highest BCUT2D eigenvalue weighted by atomic mass is 16.3. The van der Waals surface area contributed by atoms with Crippen LogP contribution < -0.4 is 10.2 Å². The number of aromatic hydroxyl groups is 1. The van der Waals surface area contributed by atoms with E-state index in [-0.39, 0.29) is 29.8 Å². The van der Waals surface area contributed by atoms with Gasteiger partial charge < -0.3 is 15.3 Å². The van der Waals surface area contributed by atoms with Gasteiger partial charge in [0, 0.05) is 24.8 Å². The van der Waals surface area contributed by atoms with Gasteiger partial charge in [0.2, 0.25) is 11.8 Å². The number of benzene rings is 1. The van der Waals surface area contributed by atoms with Gasteiger partial charge in [-0.1, -0.05) is 19.1 Å². The molecule has 0 aliphatic carbocycles. The lowest BCUT2D eigenvalue weighted by atomic mass is 10.1. The number of amides is 2. The van der Waals surface area contributed by atoms with Gasteiger partial charge in [-0.05, 0) is 36.2 Å². The minimum atomic E-state index is -0.468. The summed E-state index contributed by atoms with van der Waals surface area (Å²) in [5, 5.41) is 12.3. The molecule has 1 aliphatic heterocycles. The average Bonchev–Trinajstić information content (AvgIpc) is 2.99. The van der Waals surface area contributed by atoms with Crippen LogP contribution in [0.3, 0.4) is 0 Å². The summed E-state index contributed by atoms with van der Waals surface area (Å²) in [5.41, 5.74) is 2.00. The van der Waals surface area contributed by atoms with Crippen molar-refractivity contribution < 1.29 is 14.7 Å². The van der Waals surface area contributed by atoms with Crippen LogP contribution >= 0.6 is 0 Å². The van der Waals surface area contributed by atoms with Crippen LogP contribution in [-0.4, -0.2) is 28.4 Å². The maximum absolute atomic E-state index is 12.3. The standard InChI is InChI=1S/C18H19N3O3/c1-2-12-5-7-14(8-6-12)21-11-13(10-16(21)23)18(24)20-17-15(22)4-3-9-19-17/h3-9,13,22H,2,10-11H2,1H3,(H,19,20,24). The number of aromatic nitrogens is 1. The SMILES string of the molecule is CCc1ccc(N2CC(C(=O)Nc3ncccc3O)CC2=O)cc1. The van der Waals surface area contributed by atoms with Crippen LogP contribution in [0.5, 0.6) is 5.75 Å². The van der Waals surface area contributed by atoms with E-state index in [1.54, 1.807) is 11.0 Å². The van der Waals surface area contributed by atoms with Crippen LogP contribution in [0.1, 0.15) is 18.9 Å². The van der Waals surface area contributed by atoms with E-state index in [0.29, 0.717) is 6.54 Å². The molecular formula is C18H19N3O3. The van der Waals surface area contributed by atoms with Gasteiger partial charge in [-0.15, -0.1) is 0 Å². The van der Waals surface area contributed by atoms with Gasteiger partial charge in [-0.25, -0.2) is 4.98 Å². The second kappa shape index (κ2) is 6.70. The number of rotatable bonds is 4. The molecular weight excluding hydrogens is 306 g/mol. The normalized spacial score (nSPS) is 17.1. The molecule has 1 saturated heterocycles. The van der Waals surface area contributed by atoms with Crippen molar-refractivity contribution in [2.24, 2.45) is 5.92 Å². The zero-order valence-electron chi connectivity index (χ0n) is 13.4. The first-order valence-corrected chi connectivity index (χ1v) is 7.92. The first-order chi connectivity index (χ1) is 11.6. The Morgan fingerprint density at radius 2 is 2.08 bits per heavy atom. The molecule has 2 aromatic rings. The molecule has 0 spiro atoms. The van der Waals surface area contributed by atoms with Crippen LogP contribution in [0.15, 0.2) is 42.6 Å². The van der Waals surface area contributed by atoms with Gasteiger partial charge in [0.25, 0.3) is 0 Å². The second-order valence-corrected chi connectivity index (χ2v) is 5.79. The predicted octanol–water partition coefficient (Wildman–Crippen LogP) is 2.34. The van der Waals surface area contributed by atoms with Gasteiger partial charge in [-0.3, -0.25) is 9.59 Å². The Balaban J connectivity index is 1.69. The molecule has 24 heavy (non-hydrogen) atoms. The van der Waals surface area contributed by atoms with Crippen molar-refractivity contribution in [1.29, 1.82) is 0 Å². The van der Waals surface area contributed by atoms with Gasteiger partial charge >= 0.3 is 0 Å². The highest BCUT2D eigenvalue weighted by Gasteiger charge is 2.35. The molecule has 3 rings (SSSR count). The molecule has 1 fully saturated rings. The smallest absolute Gasteiger partial charge is 0.231 e. The Morgan fingerprint density at radius 3 is 2.75 bits per heavy atom. The minimum absolute atomic E-state index is 0.0790. The third-order valence-electron chi connectivity index (χ3n) is 4.18. The monoisotopic (exact) mass is 325 g/mol. The van der Waals surface area contributed by atoms with E-state index in [4.69, 9.17) is 0 Å². The van der Waals surface area contributed by atoms with Crippen LogP contribution in [0, 0.1) is 5.92 Å². The number of aryl methyl sites for hydroxylation is 1. The highest BCUT2D eigenvalue weighted by molar-refractivity contribution is 6.03. The lowest BCUT2D eigenvalue weighted by Gasteiger charge is -2.17. The van der Waals surface area contributed by atoms with Gasteiger partial charge in [-0.2, -0.15) is 0 Å². The largest absolute Gasteiger partial charge is 0.504 e. The molecule has 124 valence electrons.